The van der Waals surface area contributed by atoms with Gasteiger partial charge in [-0.1, -0.05) is 34.8 Å². The van der Waals surface area contributed by atoms with E-state index in [-0.39, 0.29) is 15.7 Å². The maximum Gasteiger partial charge on any atom is 0.339 e. The van der Waals surface area contributed by atoms with Crippen LogP contribution in [0.4, 0.5) is 5.69 Å². The summed E-state index contributed by atoms with van der Waals surface area (Å²) in [4.78, 5) is 25.7. The van der Waals surface area contributed by atoms with Crippen molar-refractivity contribution in [2.24, 2.45) is 0 Å². The fourth-order valence-corrected chi connectivity index (χ4v) is 3.70. The van der Waals surface area contributed by atoms with Crippen LogP contribution >= 0.6 is 46.1 Å². The summed E-state index contributed by atoms with van der Waals surface area (Å²) >= 11 is 19.2. The van der Waals surface area contributed by atoms with Gasteiger partial charge >= 0.3 is 5.97 Å². The highest BCUT2D eigenvalue weighted by molar-refractivity contribution is 7.12. The summed E-state index contributed by atoms with van der Waals surface area (Å²) in [5.74, 6) is -1.09. The fourth-order valence-electron chi connectivity index (χ4n) is 1.88. The number of hydrogen-bond acceptors (Lipinski definition) is 4. The Hall–Kier alpha value is -1.27. The van der Waals surface area contributed by atoms with Gasteiger partial charge < -0.3 is 10.1 Å². The summed E-state index contributed by atoms with van der Waals surface area (Å²) in [6, 6.07) is 4.63. The first-order chi connectivity index (χ1) is 10.8. The second-order valence-electron chi connectivity index (χ2n) is 4.70. The van der Waals surface area contributed by atoms with Crippen molar-refractivity contribution in [2.75, 3.05) is 11.9 Å². The maximum absolute atomic E-state index is 11.9. The number of ether oxygens (including phenoxy) is 1. The molecule has 1 aromatic heterocycles. The number of hydrogen-bond donors (Lipinski definition) is 1. The second kappa shape index (κ2) is 7.53. The van der Waals surface area contributed by atoms with Crippen LogP contribution in [0.2, 0.25) is 15.1 Å². The van der Waals surface area contributed by atoms with Gasteiger partial charge in [-0.2, -0.15) is 0 Å². The van der Waals surface area contributed by atoms with Crippen LogP contribution in [0.25, 0.3) is 0 Å². The zero-order valence-electron chi connectivity index (χ0n) is 12.2. The van der Waals surface area contributed by atoms with Gasteiger partial charge in [0.15, 0.2) is 6.61 Å². The minimum atomic E-state index is -0.547. The molecule has 0 atom stereocenters. The molecular formula is C15H12Cl3NO3S. The summed E-state index contributed by atoms with van der Waals surface area (Å²) in [6.45, 7) is 3.27. The van der Waals surface area contributed by atoms with E-state index < -0.39 is 18.5 Å². The van der Waals surface area contributed by atoms with Crippen LogP contribution in [-0.2, 0) is 9.53 Å². The maximum atomic E-state index is 11.9. The first-order valence-electron chi connectivity index (χ1n) is 6.46. The first kappa shape index (κ1) is 18.1. The lowest BCUT2D eigenvalue weighted by atomic mass is 10.2. The van der Waals surface area contributed by atoms with Crippen LogP contribution in [0.3, 0.4) is 0 Å². The quantitative estimate of drug-likeness (QED) is 0.735. The van der Waals surface area contributed by atoms with E-state index in [1.807, 2.05) is 13.8 Å². The van der Waals surface area contributed by atoms with E-state index in [1.165, 1.54) is 23.5 Å². The van der Waals surface area contributed by atoms with Crippen molar-refractivity contribution < 1.29 is 14.3 Å². The number of amides is 1. The van der Waals surface area contributed by atoms with Gasteiger partial charge in [0.05, 0.1) is 21.3 Å². The van der Waals surface area contributed by atoms with Crippen LogP contribution < -0.4 is 5.32 Å². The molecule has 2 rings (SSSR count). The zero-order chi connectivity index (χ0) is 17.1. The van der Waals surface area contributed by atoms with Crippen molar-refractivity contribution in [2.45, 2.75) is 13.8 Å². The van der Waals surface area contributed by atoms with E-state index in [1.54, 1.807) is 6.07 Å². The van der Waals surface area contributed by atoms with Crippen molar-refractivity contribution in [1.82, 2.24) is 0 Å². The molecule has 4 nitrogen and oxygen atoms in total. The largest absolute Gasteiger partial charge is 0.452 e. The Morgan fingerprint density at radius 3 is 2.26 bits per heavy atom. The smallest absolute Gasteiger partial charge is 0.339 e. The van der Waals surface area contributed by atoms with Crippen molar-refractivity contribution in [1.29, 1.82) is 0 Å². The Kier molecular flexibility index (Phi) is 5.92. The normalized spacial score (nSPS) is 10.5. The van der Waals surface area contributed by atoms with Crippen molar-refractivity contribution in [3.8, 4) is 0 Å². The van der Waals surface area contributed by atoms with Crippen molar-refractivity contribution >= 4 is 63.7 Å². The van der Waals surface area contributed by atoms with E-state index in [0.717, 1.165) is 9.75 Å². The highest BCUT2D eigenvalue weighted by Crippen LogP contribution is 2.33. The molecule has 0 saturated carbocycles. The SMILES string of the molecule is Cc1cc(C(=O)OCC(=O)Nc2c(Cl)cc(Cl)cc2Cl)c(C)s1. The van der Waals surface area contributed by atoms with Gasteiger partial charge in [-0.3, -0.25) is 4.79 Å². The Morgan fingerprint density at radius 2 is 1.74 bits per heavy atom. The van der Waals surface area contributed by atoms with Gasteiger partial charge in [0, 0.05) is 14.8 Å². The number of esters is 1. The number of anilines is 1. The Balaban J connectivity index is 1.98. The van der Waals surface area contributed by atoms with Crippen LogP contribution in [0.5, 0.6) is 0 Å². The van der Waals surface area contributed by atoms with E-state index in [2.05, 4.69) is 5.32 Å². The minimum absolute atomic E-state index is 0.200. The molecule has 0 saturated heterocycles. The average molecular weight is 393 g/mol. The number of benzene rings is 1. The van der Waals surface area contributed by atoms with Gasteiger partial charge in [0.1, 0.15) is 0 Å². The topological polar surface area (TPSA) is 55.4 Å². The fraction of sp³-hybridized carbons (Fsp3) is 0.200. The molecule has 122 valence electrons. The Bertz CT molecular complexity index is 750. The monoisotopic (exact) mass is 391 g/mol. The highest BCUT2D eigenvalue weighted by atomic mass is 35.5. The van der Waals surface area contributed by atoms with Crippen LogP contribution in [0.1, 0.15) is 20.1 Å². The molecule has 1 heterocycles. The zero-order valence-corrected chi connectivity index (χ0v) is 15.3. The summed E-state index contributed by atoms with van der Waals surface area (Å²) in [5, 5.41) is 3.25. The number of carbonyl (C=O) groups is 2. The molecule has 0 aliphatic heterocycles. The Morgan fingerprint density at radius 1 is 1.13 bits per heavy atom. The second-order valence-corrected chi connectivity index (χ2v) is 7.41. The van der Waals surface area contributed by atoms with Crippen molar-refractivity contribution in [3.05, 3.63) is 48.6 Å². The molecular weight excluding hydrogens is 381 g/mol. The van der Waals surface area contributed by atoms with E-state index in [0.29, 0.717) is 10.6 Å². The lowest BCUT2D eigenvalue weighted by Crippen LogP contribution is -2.21. The van der Waals surface area contributed by atoms with Gasteiger partial charge in [0.2, 0.25) is 0 Å². The summed E-state index contributed by atoms with van der Waals surface area (Å²) in [5.41, 5.74) is 0.684. The molecule has 0 fully saturated rings. The Labute approximate surface area is 152 Å². The molecule has 1 aromatic carbocycles. The predicted octanol–water partition coefficient (Wildman–Crippen LogP) is 5.12. The lowest BCUT2D eigenvalue weighted by Gasteiger charge is -2.10. The average Bonchev–Trinajstić information content (AvgIpc) is 2.79. The molecule has 23 heavy (non-hydrogen) atoms. The number of thiophene rings is 1. The standard InChI is InChI=1S/C15H12Cl3NO3S/c1-7-3-10(8(2)23-7)15(21)22-6-13(20)19-14-11(17)4-9(16)5-12(14)18/h3-5H,6H2,1-2H3,(H,19,20). The molecule has 2 aromatic rings. The molecule has 1 N–H and O–H groups in total. The van der Waals surface area contributed by atoms with E-state index >= 15 is 0 Å². The van der Waals surface area contributed by atoms with E-state index in [4.69, 9.17) is 39.5 Å². The number of nitrogens with one attached hydrogen (secondary N) is 1. The van der Waals surface area contributed by atoms with Crippen LogP contribution in [0.15, 0.2) is 18.2 Å². The van der Waals surface area contributed by atoms with Gasteiger partial charge in [-0.05, 0) is 32.0 Å². The van der Waals surface area contributed by atoms with Gasteiger partial charge in [-0.25, -0.2) is 4.79 Å². The number of halogens is 3. The number of rotatable bonds is 4. The predicted molar refractivity (Wildman–Crippen MR) is 94.2 cm³/mol. The highest BCUT2D eigenvalue weighted by Gasteiger charge is 2.16. The molecule has 0 aliphatic rings. The van der Waals surface area contributed by atoms with Gasteiger partial charge in [-0.15, -0.1) is 11.3 Å². The molecule has 0 unspecified atom stereocenters. The summed E-state index contributed by atoms with van der Waals surface area (Å²) in [6.07, 6.45) is 0. The molecule has 0 spiro atoms. The third-order valence-corrected chi connectivity index (χ3v) is 4.65. The number of aryl methyl sites for hydroxylation is 2. The molecule has 0 aliphatic carbocycles. The van der Waals surface area contributed by atoms with Gasteiger partial charge in [0.25, 0.3) is 5.91 Å². The number of carbonyl (C=O) groups excluding carboxylic acids is 2. The molecule has 0 bridgehead atoms. The molecule has 0 radical (unpaired) electrons. The third-order valence-electron chi connectivity index (χ3n) is 2.87. The minimum Gasteiger partial charge on any atom is -0.452 e. The first-order valence-corrected chi connectivity index (χ1v) is 8.41. The molecule has 1 amide bonds. The lowest BCUT2D eigenvalue weighted by molar-refractivity contribution is -0.119. The summed E-state index contributed by atoms with van der Waals surface area (Å²) < 4.78 is 5.00. The summed E-state index contributed by atoms with van der Waals surface area (Å²) in [7, 11) is 0. The third kappa shape index (κ3) is 4.61. The van der Waals surface area contributed by atoms with E-state index in [9.17, 15) is 9.59 Å². The molecule has 8 heteroatoms. The van der Waals surface area contributed by atoms with Crippen LogP contribution in [-0.4, -0.2) is 18.5 Å². The van der Waals surface area contributed by atoms with Crippen LogP contribution in [0, 0.1) is 13.8 Å². The van der Waals surface area contributed by atoms with Crippen molar-refractivity contribution in [3.63, 3.8) is 0 Å².